The number of aryl methyl sites for hydroxylation is 1. The van der Waals surface area contributed by atoms with E-state index in [2.05, 4.69) is 36.9 Å². The Bertz CT molecular complexity index is 1170. The molecule has 7 nitrogen and oxygen atoms in total. The molecule has 4 heterocycles. The number of hydrogen-bond donors (Lipinski definition) is 1. The van der Waals surface area contributed by atoms with Gasteiger partial charge in [0.05, 0.1) is 24.6 Å². The molecule has 1 saturated heterocycles. The van der Waals surface area contributed by atoms with Crippen molar-refractivity contribution in [3.63, 3.8) is 0 Å². The van der Waals surface area contributed by atoms with Crippen molar-refractivity contribution in [1.82, 2.24) is 14.8 Å². The largest absolute Gasteiger partial charge is 0.492 e. The maximum atomic E-state index is 7.57. The van der Waals surface area contributed by atoms with Crippen LogP contribution in [0.2, 0.25) is 0 Å². The number of nitrogens with zero attached hydrogens (tertiary/aromatic N) is 4. The average Bonchev–Trinajstić information content (AvgIpc) is 3.40. The van der Waals surface area contributed by atoms with Crippen LogP contribution in [0.4, 0.5) is 5.69 Å². The van der Waals surface area contributed by atoms with Gasteiger partial charge in [-0.15, -0.1) is 6.07 Å². The first-order valence-electron chi connectivity index (χ1n) is 10.4. The number of aromatic nitrogens is 3. The van der Waals surface area contributed by atoms with E-state index in [4.69, 9.17) is 24.3 Å². The molecule has 0 radical (unpaired) electrons. The molecule has 1 fully saturated rings. The topological polar surface area (TPSA) is 76.6 Å². The third kappa shape index (κ3) is 5.23. The van der Waals surface area contributed by atoms with Crippen molar-refractivity contribution in [2.24, 2.45) is 0 Å². The molecule has 0 unspecified atom stereocenters. The van der Waals surface area contributed by atoms with Gasteiger partial charge in [-0.1, -0.05) is 23.8 Å². The first kappa shape index (κ1) is 24.0. The van der Waals surface area contributed by atoms with Gasteiger partial charge in [0.15, 0.2) is 11.4 Å². The van der Waals surface area contributed by atoms with Crippen LogP contribution in [0.25, 0.3) is 28.2 Å². The molecule has 0 aliphatic carbocycles. The summed E-state index contributed by atoms with van der Waals surface area (Å²) in [6.45, 7) is 11.0. The molecule has 0 saturated carbocycles. The summed E-state index contributed by atoms with van der Waals surface area (Å²) in [5.41, 5.74) is 5.78. The quantitative estimate of drug-likeness (QED) is 0.357. The van der Waals surface area contributed by atoms with Gasteiger partial charge in [0.1, 0.15) is 0 Å². The number of hydrogen-bond acceptors (Lipinski definition) is 6. The van der Waals surface area contributed by atoms with Gasteiger partial charge in [0.2, 0.25) is 0 Å². The Morgan fingerprint density at radius 1 is 1.12 bits per heavy atom. The van der Waals surface area contributed by atoms with Gasteiger partial charge in [-0.05, 0) is 31.7 Å². The average molecular weight is 603 g/mol. The molecule has 0 spiro atoms. The zero-order valence-corrected chi connectivity index (χ0v) is 21.3. The number of rotatable bonds is 3. The molecule has 1 aliphatic heterocycles. The zero-order valence-electron chi connectivity index (χ0n) is 18.3. The van der Waals surface area contributed by atoms with Crippen LogP contribution >= 0.6 is 0 Å². The Morgan fingerprint density at radius 2 is 1.88 bits per heavy atom. The number of aliphatic hydroxyl groups is 1. The number of aliphatic hydroxyl groups excluding tert-OH is 1. The zero-order chi connectivity index (χ0) is 21.8. The van der Waals surface area contributed by atoms with Crippen molar-refractivity contribution in [3.8, 4) is 17.1 Å². The summed E-state index contributed by atoms with van der Waals surface area (Å²) in [7, 11) is 0. The van der Waals surface area contributed by atoms with E-state index in [0.717, 1.165) is 47.0 Å². The molecule has 4 aromatic rings. The van der Waals surface area contributed by atoms with Crippen LogP contribution in [0.3, 0.4) is 0 Å². The molecule has 0 bridgehead atoms. The van der Waals surface area contributed by atoms with Crippen molar-refractivity contribution < 1.29 is 35.3 Å². The van der Waals surface area contributed by atoms with Crippen molar-refractivity contribution in [3.05, 3.63) is 66.9 Å². The first-order chi connectivity index (χ1) is 15.1. The SMILES string of the molecule is CCO.[CH2-]c1cc2nc(-n3ccc(-c4cccc(C)c4)n3)cc(N3CCOCC3)c2o1.[W]. The molecular formula is C24H27N4O3W-. The number of furan rings is 1. The van der Waals surface area contributed by atoms with Crippen molar-refractivity contribution in [2.45, 2.75) is 13.8 Å². The third-order valence-corrected chi connectivity index (χ3v) is 4.99. The van der Waals surface area contributed by atoms with E-state index in [1.165, 1.54) is 5.56 Å². The standard InChI is InChI=1S/C22H21N4O2.C2H6O.W/c1-15-4-3-5-17(12-15)18-6-7-26(24-18)21-14-20(25-8-10-27-11-9-25)22-19(23-21)13-16(2)28-22;1-2-3;/h3-7,12-14H,2,8-11H2,1H3;3H,2H2,1H3;/q-1;;. The molecule has 1 aliphatic rings. The van der Waals surface area contributed by atoms with E-state index in [0.29, 0.717) is 19.0 Å². The Balaban J connectivity index is 0.000000686. The fraction of sp³-hybridized carbons (Fsp3) is 0.292. The second kappa shape index (κ2) is 10.8. The van der Waals surface area contributed by atoms with Crippen molar-refractivity contribution in [2.75, 3.05) is 37.8 Å². The summed E-state index contributed by atoms with van der Waals surface area (Å²) in [4.78, 5) is 7.02. The third-order valence-electron chi connectivity index (χ3n) is 4.99. The van der Waals surface area contributed by atoms with Crippen LogP contribution in [-0.4, -0.2) is 52.8 Å². The monoisotopic (exact) mass is 603 g/mol. The predicted molar refractivity (Wildman–Crippen MR) is 122 cm³/mol. The van der Waals surface area contributed by atoms with E-state index in [9.17, 15) is 0 Å². The molecule has 5 rings (SSSR count). The van der Waals surface area contributed by atoms with Gasteiger partial charge in [-0.2, -0.15) is 5.10 Å². The molecule has 0 amide bonds. The molecule has 0 atom stereocenters. The second-order valence-electron chi connectivity index (χ2n) is 7.36. The Kier molecular flexibility index (Phi) is 8.13. The Hall–Kier alpha value is -2.60. The molecular weight excluding hydrogens is 576 g/mol. The molecule has 1 N–H and O–H groups in total. The summed E-state index contributed by atoms with van der Waals surface area (Å²) in [6.07, 6.45) is 1.94. The molecule has 3 aromatic heterocycles. The maximum Gasteiger partial charge on any atom is 0.154 e. The number of anilines is 1. The van der Waals surface area contributed by atoms with Crippen molar-refractivity contribution in [1.29, 1.82) is 0 Å². The number of fused-ring (bicyclic) bond motifs is 1. The number of pyridine rings is 1. The summed E-state index contributed by atoms with van der Waals surface area (Å²) < 4.78 is 13.2. The molecule has 32 heavy (non-hydrogen) atoms. The summed E-state index contributed by atoms with van der Waals surface area (Å²) in [5.74, 6) is 1.36. The number of morpholine rings is 1. The fourth-order valence-corrected chi connectivity index (χ4v) is 3.61. The smallest absolute Gasteiger partial charge is 0.154 e. The van der Waals surface area contributed by atoms with Crippen LogP contribution in [0, 0.1) is 13.8 Å². The second-order valence-corrected chi connectivity index (χ2v) is 7.36. The fourth-order valence-electron chi connectivity index (χ4n) is 3.61. The summed E-state index contributed by atoms with van der Waals surface area (Å²) >= 11 is 0. The van der Waals surface area contributed by atoms with Gasteiger partial charge in [0, 0.05) is 64.1 Å². The van der Waals surface area contributed by atoms with Gasteiger partial charge >= 0.3 is 0 Å². The van der Waals surface area contributed by atoms with E-state index >= 15 is 0 Å². The predicted octanol–water partition coefficient (Wildman–Crippen LogP) is 4.00. The minimum Gasteiger partial charge on any atom is -0.492 e. The molecule has 1 aromatic carbocycles. The van der Waals surface area contributed by atoms with Gasteiger partial charge in [-0.25, -0.2) is 16.6 Å². The van der Waals surface area contributed by atoms with Gasteiger partial charge < -0.3 is 19.2 Å². The normalized spacial score (nSPS) is 13.4. The Labute approximate surface area is 202 Å². The van der Waals surface area contributed by atoms with Crippen LogP contribution in [0.15, 0.2) is 53.1 Å². The first-order valence-corrected chi connectivity index (χ1v) is 10.4. The number of benzene rings is 1. The van der Waals surface area contributed by atoms with E-state index in [1.54, 1.807) is 6.92 Å². The van der Waals surface area contributed by atoms with E-state index < -0.39 is 0 Å². The minimum absolute atomic E-state index is 0. The summed E-state index contributed by atoms with van der Waals surface area (Å²) in [6, 6.07) is 14.2. The minimum atomic E-state index is 0. The Morgan fingerprint density at radius 3 is 2.59 bits per heavy atom. The van der Waals surface area contributed by atoms with Crippen LogP contribution in [0.1, 0.15) is 18.2 Å². The molecule has 8 heteroatoms. The van der Waals surface area contributed by atoms with Crippen LogP contribution in [-0.2, 0) is 25.8 Å². The van der Waals surface area contributed by atoms with E-state index in [1.807, 2.05) is 35.1 Å². The number of ether oxygens (including phenoxy) is 1. The van der Waals surface area contributed by atoms with Crippen LogP contribution in [0.5, 0.6) is 0 Å². The van der Waals surface area contributed by atoms with Gasteiger partial charge in [-0.3, -0.25) is 0 Å². The van der Waals surface area contributed by atoms with Crippen molar-refractivity contribution >= 4 is 16.8 Å². The molecule has 168 valence electrons. The van der Waals surface area contributed by atoms with Crippen LogP contribution < -0.4 is 4.90 Å². The van der Waals surface area contributed by atoms with E-state index in [-0.39, 0.29) is 27.7 Å². The maximum absolute atomic E-state index is 7.57. The summed E-state index contributed by atoms with van der Waals surface area (Å²) in [5, 5.41) is 12.3. The van der Waals surface area contributed by atoms with Gasteiger partial charge in [0.25, 0.3) is 0 Å².